The maximum Gasteiger partial charge on any atom is 0.252 e. The maximum atomic E-state index is 8.50. The highest BCUT2D eigenvalue weighted by molar-refractivity contribution is 5.77. The van der Waals surface area contributed by atoms with Gasteiger partial charge in [-0.15, -0.1) is 0 Å². The van der Waals surface area contributed by atoms with Crippen LogP contribution in [0.2, 0.25) is 0 Å². The van der Waals surface area contributed by atoms with Crippen LogP contribution in [0.1, 0.15) is 63.9 Å². The number of rotatable bonds is 12. The average Bonchev–Trinajstić information content (AvgIpc) is 2.50. The van der Waals surface area contributed by atoms with Gasteiger partial charge in [0.1, 0.15) is 0 Å². The molecule has 0 saturated heterocycles. The molecule has 0 aliphatic carbocycles. The van der Waals surface area contributed by atoms with Crippen LogP contribution in [-0.2, 0) is 11.5 Å². The lowest BCUT2D eigenvalue weighted by atomic mass is 10.1. The summed E-state index contributed by atoms with van der Waals surface area (Å²) in [4.78, 5) is 0. The number of hydrogen-bond acceptors (Lipinski definition) is 3. The van der Waals surface area contributed by atoms with Crippen LogP contribution in [0.3, 0.4) is 0 Å². The molecule has 21 heavy (non-hydrogen) atoms. The second kappa shape index (κ2) is 12.3. The smallest absolute Gasteiger partial charge is 0.252 e. The molecular weight excluding hydrogens is 264 g/mol. The minimum absolute atomic E-state index is 0.545. The molecule has 0 aliphatic rings. The van der Waals surface area contributed by atoms with E-state index in [1.807, 2.05) is 29.1 Å². The normalized spacial score (nSPS) is 11.3. The van der Waals surface area contributed by atoms with Crippen LogP contribution in [-0.4, -0.2) is 18.0 Å². The van der Waals surface area contributed by atoms with Crippen molar-refractivity contribution in [1.29, 1.82) is 0 Å². The molecule has 0 radical (unpaired) electrons. The molecule has 0 saturated carbocycles. The quantitative estimate of drug-likeness (QED) is 0.209. The summed E-state index contributed by atoms with van der Waals surface area (Å²) in [7, 11) is 0. The van der Waals surface area contributed by atoms with Gasteiger partial charge in [-0.3, -0.25) is 0 Å². The molecule has 1 N–H and O–H groups in total. The number of oxime groups is 1. The van der Waals surface area contributed by atoms with Crippen molar-refractivity contribution in [3.63, 3.8) is 0 Å². The van der Waals surface area contributed by atoms with Gasteiger partial charge in [0.2, 0.25) is 0 Å². The average molecular weight is 293 g/mol. The first kappa shape index (κ1) is 17.6. The minimum Gasteiger partial charge on any atom is -0.411 e. The Hall–Kier alpha value is -1.42. The summed E-state index contributed by atoms with van der Waals surface area (Å²) in [5.41, 5.74) is 0.857. The maximum absolute atomic E-state index is 8.50. The first-order valence-electron chi connectivity index (χ1n) is 8.11. The summed E-state index contributed by atoms with van der Waals surface area (Å²) in [5, 5.41) is 11.5. The SMILES string of the molecule is CCCCCCCCCCOC[n+]1cccc(/C=N/O)c1. The molecular formula is C17H29N2O2+. The molecule has 0 aromatic carbocycles. The van der Waals surface area contributed by atoms with Crippen molar-refractivity contribution < 1.29 is 14.5 Å². The van der Waals surface area contributed by atoms with Gasteiger partial charge in [-0.05, 0) is 12.5 Å². The summed E-state index contributed by atoms with van der Waals surface area (Å²) in [6.07, 6.45) is 15.8. The Balaban J connectivity index is 2.00. The van der Waals surface area contributed by atoms with Crippen LogP contribution >= 0.6 is 0 Å². The van der Waals surface area contributed by atoms with Gasteiger partial charge in [-0.2, -0.15) is 4.57 Å². The first-order chi connectivity index (χ1) is 10.4. The third kappa shape index (κ3) is 9.19. The lowest BCUT2D eigenvalue weighted by Crippen LogP contribution is -2.34. The van der Waals surface area contributed by atoms with E-state index >= 15 is 0 Å². The van der Waals surface area contributed by atoms with Gasteiger partial charge in [-0.25, -0.2) is 0 Å². The Labute approximate surface area is 128 Å². The molecule has 1 rings (SSSR count). The van der Waals surface area contributed by atoms with E-state index in [9.17, 15) is 0 Å². The Kier molecular flexibility index (Phi) is 10.4. The molecule has 1 aromatic rings. The lowest BCUT2D eigenvalue weighted by molar-refractivity contribution is -0.732. The van der Waals surface area contributed by atoms with Gasteiger partial charge in [0.25, 0.3) is 6.73 Å². The van der Waals surface area contributed by atoms with Crippen LogP contribution in [0.4, 0.5) is 0 Å². The predicted octanol–water partition coefficient (Wildman–Crippen LogP) is 3.90. The fraction of sp³-hybridized carbons (Fsp3) is 0.647. The fourth-order valence-corrected chi connectivity index (χ4v) is 2.27. The van der Waals surface area contributed by atoms with Crippen LogP contribution in [0.15, 0.2) is 29.7 Å². The molecule has 118 valence electrons. The Morgan fingerprint density at radius 3 is 2.57 bits per heavy atom. The molecule has 1 heterocycles. The molecule has 0 amide bonds. The van der Waals surface area contributed by atoms with E-state index in [2.05, 4.69) is 12.1 Å². The lowest BCUT2D eigenvalue weighted by Gasteiger charge is -2.02. The number of aromatic nitrogens is 1. The van der Waals surface area contributed by atoms with E-state index in [1.165, 1.54) is 51.2 Å². The van der Waals surface area contributed by atoms with Crippen molar-refractivity contribution in [2.45, 2.75) is 65.0 Å². The van der Waals surface area contributed by atoms with E-state index in [0.29, 0.717) is 6.73 Å². The largest absolute Gasteiger partial charge is 0.411 e. The summed E-state index contributed by atoms with van der Waals surface area (Å²) >= 11 is 0. The molecule has 1 aromatic heterocycles. The van der Waals surface area contributed by atoms with Crippen molar-refractivity contribution in [3.8, 4) is 0 Å². The zero-order chi connectivity index (χ0) is 15.2. The first-order valence-corrected chi connectivity index (χ1v) is 8.11. The van der Waals surface area contributed by atoms with Crippen molar-refractivity contribution in [3.05, 3.63) is 30.1 Å². The zero-order valence-electron chi connectivity index (χ0n) is 13.2. The molecule has 0 aliphatic heterocycles. The molecule has 0 fully saturated rings. The second-order valence-corrected chi connectivity index (χ2v) is 5.41. The van der Waals surface area contributed by atoms with E-state index in [0.717, 1.165) is 18.6 Å². The summed E-state index contributed by atoms with van der Waals surface area (Å²) in [5.74, 6) is 0. The van der Waals surface area contributed by atoms with Gasteiger partial charge in [0.05, 0.1) is 18.4 Å². The number of unbranched alkanes of at least 4 members (excludes halogenated alkanes) is 7. The van der Waals surface area contributed by atoms with Crippen LogP contribution in [0, 0.1) is 0 Å². The number of pyridine rings is 1. The van der Waals surface area contributed by atoms with Crippen LogP contribution < -0.4 is 4.57 Å². The van der Waals surface area contributed by atoms with E-state index in [-0.39, 0.29) is 0 Å². The van der Waals surface area contributed by atoms with Crippen molar-refractivity contribution in [2.75, 3.05) is 6.61 Å². The van der Waals surface area contributed by atoms with E-state index in [1.54, 1.807) is 0 Å². The molecule has 4 nitrogen and oxygen atoms in total. The summed E-state index contributed by atoms with van der Waals surface area (Å²) in [6.45, 7) is 3.60. The molecule has 0 spiro atoms. The predicted molar refractivity (Wildman–Crippen MR) is 84.6 cm³/mol. The highest BCUT2D eigenvalue weighted by Gasteiger charge is 2.01. The van der Waals surface area contributed by atoms with E-state index in [4.69, 9.17) is 9.94 Å². The van der Waals surface area contributed by atoms with Crippen LogP contribution in [0.25, 0.3) is 0 Å². The van der Waals surface area contributed by atoms with Gasteiger partial charge < -0.3 is 9.94 Å². The van der Waals surface area contributed by atoms with Crippen molar-refractivity contribution in [1.82, 2.24) is 0 Å². The Morgan fingerprint density at radius 2 is 1.86 bits per heavy atom. The second-order valence-electron chi connectivity index (χ2n) is 5.41. The molecule has 0 unspecified atom stereocenters. The third-order valence-electron chi connectivity index (χ3n) is 3.47. The topological polar surface area (TPSA) is 45.7 Å². The third-order valence-corrected chi connectivity index (χ3v) is 3.47. The Morgan fingerprint density at radius 1 is 1.14 bits per heavy atom. The highest BCUT2D eigenvalue weighted by Crippen LogP contribution is 2.08. The van der Waals surface area contributed by atoms with Gasteiger partial charge in [-0.1, -0.05) is 57.0 Å². The zero-order valence-corrected chi connectivity index (χ0v) is 13.2. The van der Waals surface area contributed by atoms with Gasteiger partial charge in [0, 0.05) is 6.07 Å². The summed E-state index contributed by atoms with van der Waals surface area (Å²) in [6, 6.07) is 3.80. The number of nitrogens with zero attached hydrogens (tertiary/aromatic N) is 2. The van der Waals surface area contributed by atoms with Crippen molar-refractivity contribution >= 4 is 6.21 Å². The monoisotopic (exact) mass is 293 g/mol. The van der Waals surface area contributed by atoms with Gasteiger partial charge in [0.15, 0.2) is 12.4 Å². The number of hydrogen-bond donors (Lipinski definition) is 1. The Bertz CT molecular complexity index is 394. The number of ether oxygens (including phenoxy) is 1. The highest BCUT2D eigenvalue weighted by atomic mass is 16.5. The van der Waals surface area contributed by atoms with Gasteiger partial charge >= 0.3 is 0 Å². The molecule has 4 heteroatoms. The van der Waals surface area contributed by atoms with Crippen molar-refractivity contribution in [2.24, 2.45) is 5.16 Å². The van der Waals surface area contributed by atoms with Crippen LogP contribution in [0.5, 0.6) is 0 Å². The fourth-order valence-electron chi connectivity index (χ4n) is 2.27. The molecule has 0 atom stereocenters. The summed E-state index contributed by atoms with van der Waals surface area (Å²) < 4.78 is 7.60. The molecule has 0 bridgehead atoms. The minimum atomic E-state index is 0.545. The standard InChI is InChI=1S/C17H28N2O2/c1-2-3-4-5-6-7-8-9-13-21-16-19-12-10-11-17(15-19)14-18-20/h10-12,14-15H,2-9,13,16H2,1H3/p+1/b18-14+. The van der Waals surface area contributed by atoms with E-state index < -0.39 is 0 Å².